The smallest absolute Gasteiger partial charge is 0.338 e. The summed E-state index contributed by atoms with van der Waals surface area (Å²) in [6.07, 6.45) is 0.113. The third-order valence-corrected chi connectivity index (χ3v) is 3.94. The number of rotatable bonds is 6. The van der Waals surface area contributed by atoms with E-state index in [9.17, 15) is 18.8 Å². The minimum Gasteiger partial charge on any atom is -0.467 e. The van der Waals surface area contributed by atoms with Crippen LogP contribution in [0.4, 0.5) is 4.39 Å². The quantitative estimate of drug-likeness (QED) is 0.751. The monoisotopic (exact) mass is 401 g/mol. The van der Waals surface area contributed by atoms with E-state index in [1.165, 1.54) is 25.3 Å². The summed E-state index contributed by atoms with van der Waals surface area (Å²) >= 11 is 0. The minimum absolute atomic E-state index is 0.113. The molecule has 0 spiro atoms. The van der Waals surface area contributed by atoms with E-state index < -0.39 is 35.3 Å². The molecular formula is C22H24FNO5. The number of esters is 2. The van der Waals surface area contributed by atoms with E-state index in [-0.39, 0.29) is 12.0 Å². The Labute approximate surface area is 169 Å². The van der Waals surface area contributed by atoms with Crippen molar-refractivity contribution in [1.29, 1.82) is 0 Å². The van der Waals surface area contributed by atoms with Crippen LogP contribution in [0.3, 0.4) is 0 Å². The zero-order valence-corrected chi connectivity index (χ0v) is 16.8. The van der Waals surface area contributed by atoms with Crippen molar-refractivity contribution in [2.75, 3.05) is 7.11 Å². The summed E-state index contributed by atoms with van der Waals surface area (Å²) in [7, 11) is 1.20. The number of benzene rings is 2. The van der Waals surface area contributed by atoms with Gasteiger partial charge in [0.2, 0.25) is 0 Å². The van der Waals surface area contributed by atoms with Crippen molar-refractivity contribution < 1.29 is 28.2 Å². The lowest BCUT2D eigenvalue weighted by molar-refractivity contribution is -0.142. The van der Waals surface area contributed by atoms with Gasteiger partial charge < -0.3 is 14.8 Å². The Bertz CT molecular complexity index is 887. The van der Waals surface area contributed by atoms with E-state index in [1.807, 2.05) is 0 Å². The van der Waals surface area contributed by atoms with Crippen molar-refractivity contribution >= 4 is 17.8 Å². The molecule has 2 aromatic rings. The summed E-state index contributed by atoms with van der Waals surface area (Å²) in [4.78, 5) is 36.5. The Morgan fingerprint density at radius 1 is 1.03 bits per heavy atom. The molecule has 0 saturated heterocycles. The van der Waals surface area contributed by atoms with Gasteiger partial charge >= 0.3 is 11.9 Å². The SMILES string of the molecule is COC(=O)[C@@H](Cc1ccc(C(=O)OC(C)(C)C)cc1)NC(=O)c1ccccc1F. The zero-order valence-electron chi connectivity index (χ0n) is 16.8. The van der Waals surface area contributed by atoms with Crippen LogP contribution in [0.15, 0.2) is 48.5 Å². The topological polar surface area (TPSA) is 81.7 Å². The van der Waals surface area contributed by atoms with Gasteiger partial charge in [-0.05, 0) is 50.6 Å². The molecule has 0 saturated carbocycles. The first-order valence-corrected chi connectivity index (χ1v) is 9.06. The summed E-state index contributed by atoms with van der Waals surface area (Å²) in [5.41, 5.74) is 0.278. The molecule has 154 valence electrons. The van der Waals surface area contributed by atoms with Crippen LogP contribution in [0, 0.1) is 5.82 Å². The number of halogens is 1. The fourth-order valence-electron chi connectivity index (χ4n) is 2.57. The molecule has 0 aromatic heterocycles. The summed E-state index contributed by atoms with van der Waals surface area (Å²) in [5.74, 6) is -2.52. The van der Waals surface area contributed by atoms with Gasteiger partial charge in [-0.3, -0.25) is 4.79 Å². The van der Waals surface area contributed by atoms with Crippen LogP contribution in [0.25, 0.3) is 0 Å². The van der Waals surface area contributed by atoms with E-state index in [0.717, 1.165) is 6.07 Å². The third kappa shape index (κ3) is 6.41. The molecule has 0 aliphatic heterocycles. The molecule has 1 N–H and O–H groups in total. The second kappa shape index (κ2) is 9.32. The molecule has 0 fully saturated rings. The summed E-state index contributed by atoms with van der Waals surface area (Å²) in [5, 5.41) is 2.50. The highest BCUT2D eigenvalue weighted by molar-refractivity contribution is 5.97. The number of carbonyl (C=O) groups excluding carboxylic acids is 3. The maximum absolute atomic E-state index is 13.8. The molecule has 0 aliphatic rings. The Morgan fingerprint density at radius 3 is 2.21 bits per heavy atom. The van der Waals surface area contributed by atoms with Gasteiger partial charge in [-0.25, -0.2) is 14.0 Å². The van der Waals surface area contributed by atoms with Gasteiger partial charge in [0, 0.05) is 6.42 Å². The highest BCUT2D eigenvalue weighted by Crippen LogP contribution is 2.14. The van der Waals surface area contributed by atoms with Crippen LogP contribution in [0.1, 0.15) is 47.1 Å². The fourth-order valence-corrected chi connectivity index (χ4v) is 2.57. The lowest BCUT2D eigenvalue weighted by Crippen LogP contribution is -2.43. The molecule has 0 unspecified atom stereocenters. The Kier molecular flexibility index (Phi) is 7.09. The highest BCUT2D eigenvalue weighted by Gasteiger charge is 2.24. The molecule has 0 aliphatic carbocycles. The van der Waals surface area contributed by atoms with E-state index in [4.69, 9.17) is 9.47 Å². The van der Waals surface area contributed by atoms with Gasteiger partial charge in [0.15, 0.2) is 0 Å². The van der Waals surface area contributed by atoms with Gasteiger partial charge in [-0.15, -0.1) is 0 Å². The van der Waals surface area contributed by atoms with E-state index in [1.54, 1.807) is 45.0 Å². The second-order valence-electron chi connectivity index (χ2n) is 7.43. The maximum atomic E-state index is 13.8. The summed E-state index contributed by atoms with van der Waals surface area (Å²) < 4.78 is 23.9. The second-order valence-corrected chi connectivity index (χ2v) is 7.43. The van der Waals surface area contributed by atoms with E-state index in [0.29, 0.717) is 11.1 Å². The maximum Gasteiger partial charge on any atom is 0.338 e. The number of methoxy groups -OCH3 is 1. The van der Waals surface area contributed by atoms with Crippen LogP contribution in [-0.4, -0.2) is 36.6 Å². The molecule has 0 radical (unpaired) electrons. The normalized spacial score (nSPS) is 12.0. The Morgan fingerprint density at radius 2 is 1.66 bits per heavy atom. The van der Waals surface area contributed by atoms with E-state index in [2.05, 4.69) is 5.32 Å². The zero-order chi connectivity index (χ0) is 21.6. The number of nitrogens with one attached hydrogen (secondary N) is 1. The van der Waals surface area contributed by atoms with Gasteiger partial charge in [-0.1, -0.05) is 24.3 Å². The first kappa shape index (κ1) is 22.1. The molecule has 6 nitrogen and oxygen atoms in total. The Balaban J connectivity index is 2.12. The fraction of sp³-hybridized carbons (Fsp3) is 0.318. The number of ether oxygens (including phenoxy) is 2. The van der Waals surface area contributed by atoms with Gasteiger partial charge in [0.05, 0.1) is 18.2 Å². The molecule has 2 aromatic carbocycles. The Hall–Kier alpha value is -3.22. The first-order chi connectivity index (χ1) is 13.6. The van der Waals surface area contributed by atoms with Crippen molar-refractivity contribution in [3.63, 3.8) is 0 Å². The lowest BCUT2D eigenvalue weighted by Gasteiger charge is -2.20. The van der Waals surface area contributed by atoms with Crippen molar-refractivity contribution in [2.45, 2.75) is 38.8 Å². The first-order valence-electron chi connectivity index (χ1n) is 9.06. The number of hydrogen-bond acceptors (Lipinski definition) is 5. The number of amides is 1. The van der Waals surface area contributed by atoms with Gasteiger partial charge in [0.25, 0.3) is 5.91 Å². The molecule has 1 atom stereocenters. The van der Waals surface area contributed by atoms with Crippen molar-refractivity contribution in [1.82, 2.24) is 5.32 Å². The highest BCUT2D eigenvalue weighted by atomic mass is 19.1. The molecule has 7 heteroatoms. The largest absolute Gasteiger partial charge is 0.467 e. The lowest BCUT2D eigenvalue weighted by atomic mass is 10.0. The molecule has 2 rings (SSSR count). The molecule has 0 heterocycles. The van der Waals surface area contributed by atoms with Gasteiger partial charge in [0.1, 0.15) is 17.5 Å². The van der Waals surface area contributed by atoms with Crippen LogP contribution in [0.5, 0.6) is 0 Å². The minimum atomic E-state index is -1.01. The number of hydrogen-bond donors (Lipinski definition) is 1. The van der Waals surface area contributed by atoms with Crippen molar-refractivity contribution in [3.05, 3.63) is 71.0 Å². The van der Waals surface area contributed by atoms with E-state index >= 15 is 0 Å². The molecular weight excluding hydrogens is 377 g/mol. The van der Waals surface area contributed by atoms with Crippen molar-refractivity contribution in [3.8, 4) is 0 Å². The van der Waals surface area contributed by atoms with Crippen molar-refractivity contribution in [2.24, 2.45) is 0 Å². The molecule has 1 amide bonds. The summed E-state index contributed by atoms with van der Waals surface area (Å²) in [6.45, 7) is 5.33. The molecule has 0 bridgehead atoms. The standard InChI is InChI=1S/C22H24FNO5/c1-22(2,3)29-20(26)15-11-9-14(10-12-15)13-18(21(27)28-4)24-19(25)16-7-5-6-8-17(16)23/h5-12,18H,13H2,1-4H3,(H,24,25)/t18-/m1/s1. The van der Waals surface area contributed by atoms with Crippen LogP contribution < -0.4 is 5.32 Å². The van der Waals surface area contributed by atoms with Gasteiger partial charge in [-0.2, -0.15) is 0 Å². The van der Waals surface area contributed by atoms with Crippen LogP contribution in [-0.2, 0) is 20.7 Å². The predicted octanol–water partition coefficient (Wildman–Crippen LogP) is 3.30. The third-order valence-electron chi connectivity index (χ3n) is 3.94. The summed E-state index contributed by atoms with van der Waals surface area (Å²) in [6, 6.07) is 10.9. The molecule has 29 heavy (non-hydrogen) atoms. The van der Waals surface area contributed by atoms with Crippen LogP contribution in [0.2, 0.25) is 0 Å². The average molecular weight is 401 g/mol. The predicted molar refractivity (Wildman–Crippen MR) is 105 cm³/mol. The number of carbonyl (C=O) groups is 3. The average Bonchev–Trinajstić information content (AvgIpc) is 2.66. The van der Waals surface area contributed by atoms with Crippen LogP contribution >= 0.6 is 0 Å².